The van der Waals surface area contributed by atoms with Crippen molar-refractivity contribution in [3.63, 3.8) is 0 Å². The molecule has 42 heavy (non-hydrogen) atoms. The molecule has 1 fully saturated rings. The molecule has 3 aliphatic rings. The summed E-state index contributed by atoms with van der Waals surface area (Å²) < 4.78 is 12.9. The lowest BCUT2D eigenvalue weighted by Gasteiger charge is -2.32. The van der Waals surface area contributed by atoms with Crippen molar-refractivity contribution in [3.05, 3.63) is 63.0 Å². The van der Waals surface area contributed by atoms with Crippen molar-refractivity contribution >= 4 is 97.4 Å². The van der Waals surface area contributed by atoms with Gasteiger partial charge in [-0.15, -0.1) is 0 Å². The van der Waals surface area contributed by atoms with Crippen LogP contribution in [0.3, 0.4) is 0 Å². The summed E-state index contributed by atoms with van der Waals surface area (Å²) in [5.74, 6) is 4.56. The average Bonchev–Trinajstić information content (AvgIpc) is 3.64. The molecule has 8 nitrogen and oxygen atoms in total. The fourth-order valence-electron chi connectivity index (χ4n) is 4.48. The van der Waals surface area contributed by atoms with Gasteiger partial charge in [-0.1, -0.05) is 35.4 Å². The molecule has 14 heteroatoms. The van der Waals surface area contributed by atoms with Crippen LogP contribution in [0.15, 0.2) is 47.0 Å². The number of aromatic amines is 2. The third-order valence-corrected chi connectivity index (χ3v) is 10.4. The molecule has 0 aromatic carbocycles. The van der Waals surface area contributed by atoms with Gasteiger partial charge in [-0.2, -0.15) is 23.5 Å². The van der Waals surface area contributed by atoms with Crippen LogP contribution in [-0.2, 0) is 9.31 Å². The number of allylic oxidation sites excluding steroid dienone is 2. The number of aromatic nitrogens is 6. The second-order valence-electron chi connectivity index (χ2n) is 10.9. The van der Waals surface area contributed by atoms with Crippen molar-refractivity contribution in [1.29, 1.82) is 0 Å². The number of halogens is 3. The lowest BCUT2D eigenvalue weighted by atomic mass is 9.76. The van der Waals surface area contributed by atoms with E-state index in [1.165, 1.54) is 35.2 Å². The van der Waals surface area contributed by atoms with Crippen molar-refractivity contribution in [2.75, 3.05) is 23.0 Å². The zero-order valence-corrected chi connectivity index (χ0v) is 28.6. The Morgan fingerprint density at radius 3 is 1.90 bits per heavy atom. The van der Waals surface area contributed by atoms with Gasteiger partial charge in [0.05, 0.1) is 26.6 Å². The highest BCUT2D eigenvalue weighted by Crippen LogP contribution is 2.40. The van der Waals surface area contributed by atoms with Gasteiger partial charge in [0.15, 0.2) is 0 Å². The van der Waals surface area contributed by atoms with Crippen molar-refractivity contribution < 1.29 is 9.31 Å². The molecule has 2 N–H and O–H groups in total. The Labute approximate surface area is 272 Å². The van der Waals surface area contributed by atoms with Crippen LogP contribution in [0.25, 0.3) is 27.6 Å². The number of fused-ring (bicyclic) bond motifs is 2. The molecular weight excluding hydrogens is 678 g/mol. The number of hydrogen-bond acceptors (Lipinski definition) is 8. The number of nitrogens with one attached hydrogen (secondary N) is 2. The van der Waals surface area contributed by atoms with Crippen LogP contribution in [0.1, 0.15) is 46.2 Å². The highest BCUT2D eigenvalue weighted by molar-refractivity contribution is 9.10. The highest BCUT2D eigenvalue weighted by Gasteiger charge is 2.52. The molecule has 4 aromatic heterocycles. The van der Waals surface area contributed by atoms with Crippen molar-refractivity contribution in [1.82, 2.24) is 29.9 Å². The maximum absolute atomic E-state index is 6.01. The maximum Gasteiger partial charge on any atom is 0.490 e. The predicted octanol–water partition coefficient (Wildman–Crippen LogP) is 8.19. The van der Waals surface area contributed by atoms with Gasteiger partial charge in [0, 0.05) is 17.2 Å². The summed E-state index contributed by atoms with van der Waals surface area (Å²) in [7, 11) is -0.115. The first-order valence-corrected chi connectivity index (χ1v) is 17.4. The third-order valence-electron chi connectivity index (χ3n) is 7.58. The fraction of sp³-hybridized carbons (Fsp3) is 0.429. The van der Waals surface area contributed by atoms with Crippen LogP contribution in [0.4, 0.5) is 0 Å². The van der Waals surface area contributed by atoms with Crippen LogP contribution < -0.4 is 0 Å². The van der Waals surface area contributed by atoms with E-state index in [4.69, 9.17) is 32.5 Å². The smallest absolute Gasteiger partial charge is 0.400 e. The number of H-pyrrole nitrogens is 2. The number of thioether (sulfide) groups is 2. The zero-order chi connectivity index (χ0) is 29.9. The Morgan fingerprint density at radius 1 is 0.810 bits per heavy atom. The summed E-state index contributed by atoms with van der Waals surface area (Å²) in [6.07, 6.45) is 9.63. The quantitative estimate of drug-likeness (QED) is 0.159. The molecule has 0 saturated carbocycles. The lowest BCUT2D eigenvalue weighted by Crippen LogP contribution is -2.41. The van der Waals surface area contributed by atoms with Crippen LogP contribution in [0.2, 0.25) is 10.3 Å². The minimum atomic E-state index is -0.205. The van der Waals surface area contributed by atoms with Crippen LogP contribution in [-0.4, -0.2) is 71.2 Å². The topological polar surface area (TPSA) is 102 Å². The standard InChI is InChI=1S/C11H19BO2S.C11H10ClN3S.C6H3BrClN3/c1-10(2)11(3,4)14-12(13-10)9-5-7-15-8-6-9;12-10-8-5-9(7-1-3-16-4-2-7)15-11(8)14-6-13-10;7-4-1-3-5(8)9-2-10-6(3)11-4/h5H,6-8H2,1-4H3;1,5-6H,2-4H2,(H,13,14,15);1-2H,(H,9,10,11). The second kappa shape index (κ2) is 13.6. The van der Waals surface area contributed by atoms with Crippen LogP contribution in [0, 0.1) is 0 Å². The molecule has 3 aliphatic heterocycles. The van der Waals surface area contributed by atoms with Crippen molar-refractivity contribution in [2.45, 2.75) is 51.7 Å². The van der Waals surface area contributed by atoms with E-state index in [-0.39, 0.29) is 18.3 Å². The molecule has 7 rings (SSSR count). The van der Waals surface area contributed by atoms with E-state index in [1.54, 1.807) is 0 Å². The minimum absolute atomic E-state index is 0.115. The van der Waals surface area contributed by atoms with Gasteiger partial charge in [0.2, 0.25) is 0 Å². The number of nitrogens with zero attached hydrogens (tertiary/aromatic N) is 4. The highest BCUT2D eigenvalue weighted by atomic mass is 79.9. The molecule has 0 spiro atoms. The van der Waals surface area contributed by atoms with Crippen molar-refractivity contribution in [3.8, 4) is 0 Å². The molecule has 0 bridgehead atoms. The van der Waals surface area contributed by atoms with Crippen molar-refractivity contribution in [2.24, 2.45) is 0 Å². The molecular formula is C28H32BBrCl2N6O2S2. The van der Waals surface area contributed by atoms with Gasteiger partial charge >= 0.3 is 7.12 Å². The Kier molecular flexibility index (Phi) is 10.3. The van der Waals surface area contributed by atoms with Crippen LogP contribution >= 0.6 is 62.7 Å². The lowest BCUT2D eigenvalue weighted by molar-refractivity contribution is 0.00578. The molecule has 0 amide bonds. The average molecular weight is 710 g/mol. The van der Waals surface area contributed by atoms with Gasteiger partial charge < -0.3 is 19.3 Å². The largest absolute Gasteiger partial charge is 0.490 e. The summed E-state index contributed by atoms with van der Waals surface area (Å²) in [6, 6.07) is 3.89. The Hall–Kier alpha value is -1.54. The molecule has 7 heterocycles. The summed E-state index contributed by atoms with van der Waals surface area (Å²) >= 11 is 19.0. The van der Waals surface area contributed by atoms with E-state index in [1.807, 2.05) is 35.7 Å². The summed E-state index contributed by atoms with van der Waals surface area (Å²) in [6.45, 7) is 8.41. The van der Waals surface area contributed by atoms with Gasteiger partial charge in [-0.05, 0) is 91.2 Å². The van der Waals surface area contributed by atoms with E-state index >= 15 is 0 Å². The normalized spacial score (nSPS) is 19.5. The number of rotatable bonds is 2. The Morgan fingerprint density at radius 2 is 1.38 bits per heavy atom. The summed E-state index contributed by atoms with van der Waals surface area (Å²) in [4.78, 5) is 22.2. The molecule has 0 aliphatic carbocycles. The molecule has 4 aromatic rings. The van der Waals surface area contributed by atoms with E-state index in [9.17, 15) is 0 Å². The first-order valence-electron chi connectivity index (χ1n) is 13.6. The third kappa shape index (κ3) is 7.39. The summed E-state index contributed by atoms with van der Waals surface area (Å²) in [5.41, 5.74) is 4.95. The van der Waals surface area contributed by atoms with Gasteiger partial charge in [-0.3, -0.25) is 0 Å². The SMILES string of the molecule is CC1(C)OB(C2=CCSCC2)OC1(C)C.Clc1ncnc2[nH]c(Br)cc12.Clc1ncnc2[nH]c(C3=CCSCC3)cc12. The van der Waals surface area contributed by atoms with E-state index < -0.39 is 0 Å². The summed E-state index contributed by atoms with van der Waals surface area (Å²) in [5, 5.41) is 2.72. The molecule has 0 atom stereocenters. The molecule has 222 valence electrons. The number of hydrogen-bond donors (Lipinski definition) is 2. The predicted molar refractivity (Wildman–Crippen MR) is 182 cm³/mol. The Bertz CT molecular complexity index is 1610. The van der Waals surface area contributed by atoms with Gasteiger partial charge in [-0.25, -0.2) is 19.9 Å². The monoisotopic (exact) mass is 708 g/mol. The first kappa shape index (κ1) is 31.9. The Balaban J connectivity index is 0.000000128. The van der Waals surface area contributed by atoms with E-state index in [0.717, 1.165) is 56.7 Å². The van der Waals surface area contributed by atoms with Gasteiger partial charge in [0.25, 0.3) is 0 Å². The molecule has 0 radical (unpaired) electrons. The molecule has 1 saturated heterocycles. The zero-order valence-electron chi connectivity index (χ0n) is 23.8. The van der Waals surface area contributed by atoms with Gasteiger partial charge in [0.1, 0.15) is 34.3 Å². The minimum Gasteiger partial charge on any atom is -0.400 e. The fourth-order valence-corrected chi connectivity index (χ4v) is 7.00. The van der Waals surface area contributed by atoms with E-state index in [0.29, 0.717) is 10.3 Å². The first-order chi connectivity index (χ1) is 20.0. The maximum atomic E-state index is 6.01. The van der Waals surface area contributed by atoms with E-state index in [2.05, 4.69) is 85.7 Å². The van der Waals surface area contributed by atoms with Crippen LogP contribution in [0.5, 0.6) is 0 Å². The second-order valence-corrected chi connectivity index (χ2v) is 14.8. The molecule has 0 unspecified atom stereocenters.